The first-order valence-electron chi connectivity index (χ1n) is 6.12. The van der Waals surface area contributed by atoms with Crippen LogP contribution in [0.2, 0.25) is 0 Å². The minimum atomic E-state index is -3.57. The molecule has 0 spiro atoms. The fraction of sp³-hybridized carbons (Fsp3) is 0.500. The third-order valence-electron chi connectivity index (χ3n) is 3.21. The highest BCUT2D eigenvalue weighted by Gasteiger charge is 2.25. The van der Waals surface area contributed by atoms with Crippen LogP contribution in [0, 0.1) is 6.92 Å². The lowest BCUT2D eigenvalue weighted by atomic mass is 10.2. The van der Waals surface area contributed by atoms with Crippen molar-refractivity contribution in [3.8, 4) is 0 Å². The molecule has 0 radical (unpaired) electrons. The van der Waals surface area contributed by atoms with E-state index in [2.05, 4.69) is 36.6 Å². The van der Waals surface area contributed by atoms with E-state index in [-0.39, 0.29) is 10.9 Å². The molecule has 8 heteroatoms. The van der Waals surface area contributed by atoms with Crippen LogP contribution in [0.3, 0.4) is 0 Å². The summed E-state index contributed by atoms with van der Waals surface area (Å²) in [5.41, 5.74) is 0.962. The molecule has 0 aliphatic carbocycles. The highest BCUT2D eigenvalue weighted by Crippen LogP contribution is 2.29. The minimum absolute atomic E-state index is 0.135. The van der Waals surface area contributed by atoms with E-state index in [1.54, 1.807) is 12.1 Å². The van der Waals surface area contributed by atoms with E-state index in [1.807, 2.05) is 6.92 Å². The number of hydrogen-bond acceptors (Lipinski definition) is 3. The zero-order valence-electron chi connectivity index (χ0n) is 10.9. The Balaban J connectivity index is 2.22. The lowest BCUT2D eigenvalue weighted by molar-refractivity contribution is 0.521. The molecule has 0 bridgehead atoms. The molecule has 2 rings (SSSR count). The fourth-order valence-electron chi connectivity index (χ4n) is 2.03. The van der Waals surface area contributed by atoms with E-state index in [0.29, 0.717) is 28.8 Å². The first kappa shape index (κ1) is 16.6. The molecule has 0 aromatic heterocycles. The largest absolute Gasteiger partial charge is 0.260 e. The second-order valence-corrected chi connectivity index (χ2v) is 9.86. The maximum atomic E-state index is 12.4. The third-order valence-corrected chi connectivity index (χ3v) is 7.93. The molecule has 1 N–H and O–H groups in total. The van der Waals surface area contributed by atoms with E-state index in [4.69, 9.17) is 0 Å². The Bertz CT molecular complexity index is 636. The topological polar surface area (TPSA) is 63.2 Å². The molecule has 1 aromatic carbocycles. The van der Waals surface area contributed by atoms with Crippen LogP contribution in [-0.2, 0) is 20.8 Å². The molecule has 20 heavy (non-hydrogen) atoms. The van der Waals surface area contributed by atoms with Gasteiger partial charge in [-0.05, 0) is 53.4 Å². The molecule has 0 atom stereocenters. The lowest BCUT2D eigenvalue weighted by Gasteiger charge is -2.22. The highest BCUT2D eigenvalue weighted by molar-refractivity contribution is 9.11. The van der Waals surface area contributed by atoms with Gasteiger partial charge in [-0.25, -0.2) is 13.1 Å². The van der Waals surface area contributed by atoms with E-state index in [9.17, 15) is 12.6 Å². The number of rotatable bonds is 3. The smallest absolute Gasteiger partial charge is 0.241 e. The number of nitrogens with one attached hydrogen (secondary N) is 1. The Morgan fingerprint density at radius 3 is 2.40 bits per heavy atom. The van der Waals surface area contributed by atoms with Crippen LogP contribution in [0.1, 0.15) is 18.4 Å². The van der Waals surface area contributed by atoms with Gasteiger partial charge in [-0.15, -0.1) is 0 Å². The van der Waals surface area contributed by atoms with Gasteiger partial charge in [0.15, 0.2) is 0 Å². The zero-order chi connectivity index (χ0) is 14.9. The van der Waals surface area contributed by atoms with Gasteiger partial charge >= 0.3 is 0 Å². The second-order valence-electron chi connectivity index (χ2n) is 4.78. The number of sulfonamides is 1. The summed E-state index contributed by atoms with van der Waals surface area (Å²) >= 11 is 6.66. The van der Waals surface area contributed by atoms with E-state index in [1.165, 1.54) is 0 Å². The van der Waals surface area contributed by atoms with Crippen molar-refractivity contribution in [2.75, 3.05) is 11.5 Å². The average Bonchev–Trinajstić information content (AvgIpc) is 2.36. The van der Waals surface area contributed by atoms with Gasteiger partial charge in [-0.1, -0.05) is 15.9 Å². The summed E-state index contributed by atoms with van der Waals surface area (Å²) < 4.78 is 40.2. The standard InChI is InChI=1S/C12H15Br2NO3S2/c1-8-6-11(14)12(7-10(8)13)20(17,18)15-9-2-4-19(16)5-3-9/h6-7,9,15H,2-5H2,1H3. The molecule has 4 nitrogen and oxygen atoms in total. The number of benzene rings is 1. The van der Waals surface area contributed by atoms with Gasteiger partial charge in [-0.2, -0.15) is 0 Å². The van der Waals surface area contributed by atoms with Crippen molar-refractivity contribution in [2.45, 2.75) is 30.7 Å². The number of hydrogen-bond donors (Lipinski definition) is 1. The van der Waals surface area contributed by atoms with Crippen LogP contribution in [-0.4, -0.2) is 30.2 Å². The van der Waals surface area contributed by atoms with Gasteiger partial charge in [-0.3, -0.25) is 4.21 Å². The van der Waals surface area contributed by atoms with Crippen LogP contribution in [0.15, 0.2) is 26.0 Å². The predicted molar refractivity (Wildman–Crippen MR) is 87.8 cm³/mol. The average molecular weight is 445 g/mol. The maximum absolute atomic E-state index is 12.4. The molecule has 0 unspecified atom stereocenters. The first-order valence-corrected chi connectivity index (χ1v) is 10.7. The van der Waals surface area contributed by atoms with Crippen molar-refractivity contribution in [1.82, 2.24) is 4.72 Å². The van der Waals surface area contributed by atoms with Crippen molar-refractivity contribution in [3.05, 3.63) is 26.6 Å². The summed E-state index contributed by atoms with van der Waals surface area (Å²) in [5.74, 6) is 1.12. The quantitative estimate of drug-likeness (QED) is 0.779. The molecular formula is C12H15Br2NO3S2. The second kappa shape index (κ2) is 6.56. The number of aryl methyl sites for hydroxylation is 1. The molecule has 112 valence electrons. The monoisotopic (exact) mass is 443 g/mol. The van der Waals surface area contributed by atoms with Gasteiger partial charge < -0.3 is 0 Å². The molecule has 0 saturated carbocycles. The van der Waals surface area contributed by atoms with E-state index >= 15 is 0 Å². The molecule has 1 aliphatic heterocycles. The van der Waals surface area contributed by atoms with Crippen molar-refractivity contribution in [2.24, 2.45) is 0 Å². The Labute approximate surface area is 138 Å². The maximum Gasteiger partial charge on any atom is 0.241 e. The van der Waals surface area contributed by atoms with E-state index < -0.39 is 20.8 Å². The van der Waals surface area contributed by atoms with Gasteiger partial charge in [0.1, 0.15) is 0 Å². The lowest BCUT2D eigenvalue weighted by Crippen LogP contribution is -2.39. The Morgan fingerprint density at radius 2 is 1.80 bits per heavy atom. The van der Waals surface area contributed by atoms with Crippen LogP contribution in [0.25, 0.3) is 0 Å². The SMILES string of the molecule is Cc1cc(Br)c(S(=O)(=O)NC2CCS(=O)CC2)cc1Br. The van der Waals surface area contributed by atoms with Gasteiger partial charge in [0.25, 0.3) is 0 Å². The minimum Gasteiger partial charge on any atom is -0.260 e. The Morgan fingerprint density at radius 1 is 1.20 bits per heavy atom. The molecular weight excluding hydrogens is 430 g/mol. The summed E-state index contributed by atoms with van der Waals surface area (Å²) in [6.45, 7) is 1.90. The Hall–Kier alpha value is 0.240. The molecule has 1 fully saturated rings. The first-order chi connectivity index (χ1) is 9.29. The molecule has 1 saturated heterocycles. The van der Waals surface area contributed by atoms with Gasteiger partial charge in [0.2, 0.25) is 10.0 Å². The molecule has 1 aromatic rings. The predicted octanol–water partition coefficient (Wildman–Crippen LogP) is 2.71. The fourth-order valence-corrected chi connectivity index (χ4v) is 6.31. The van der Waals surface area contributed by atoms with E-state index in [0.717, 1.165) is 10.0 Å². The number of halogens is 2. The molecule has 1 heterocycles. The molecule has 0 amide bonds. The van der Waals surface area contributed by atoms with Crippen molar-refractivity contribution < 1.29 is 12.6 Å². The zero-order valence-corrected chi connectivity index (χ0v) is 15.7. The Kier molecular flexibility index (Phi) is 5.45. The van der Waals surface area contributed by atoms with Crippen molar-refractivity contribution in [1.29, 1.82) is 0 Å². The summed E-state index contributed by atoms with van der Waals surface area (Å²) in [6, 6.07) is 3.24. The summed E-state index contributed by atoms with van der Waals surface area (Å²) in [6.07, 6.45) is 1.24. The van der Waals surface area contributed by atoms with Gasteiger partial charge in [0.05, 0.1) is 4.90 Å². The van der Waals surface area contributed by atoms with Crippen LogP contribution >= 0.6 is 31.9 Å². The highest BCUT2D eigenvalue weighted by atomic mass is 79.9. The van der Waals surface area contributed by atoms with Crippen molar-refractivity contribution in [3.63, 3.8) is 0 Å². The summed E-state index contributed by atoms with van der Waals surface area (Å²) in [5, 5.41) is 0. The van der Waals surface area contributed by atoms with Crippen LogP contribution in [0.5, 0.6) is 0 Å². The van der Waals surface area contributed by atoms with Crippen LogP contribution < -0.4 is 4.72 Å². The van der Waals surface area contributed by atoms with Gasteiger partial charge in [0, 0.05) is 37.3 Å². The summed E-state index contributed by atoms with van der Waals surface area (Å²) in [7, 11) is -4.37. The third kappa shape index (κ3) is 3.91. The molecule has 1 aliphatic rings. The normalized spacial score (nSPS) is 23.8. The van der Waals surface area contributed by atoms with Crippen LogP contribution in [0.4, 0.5) is 0 Å². The summed E-state index contributed by atoms with van der Waals surface area (Å²) in [4.78, 5) is 0.224. The van der Waals surface area contributed by atoms with Crippen molar-refractivity contribution >= 4 is 52.7 Å².